The summed E-state index contributed by atoms with van der Waals surface area (Å²) < 4.78 is 25.7. The molecule has 1 spiro atoms. The van der Waals surface area contributed by atoms with E-state index in [0.29, 0.717) is 28.8 Å². The Kier molecular flexibility index (Phi) is 6.63. The van der Waals surface area contributed by atoms with Gasteiger partial charge in [0.05, 0.1) is 23.7 Å². The van der Waals surface area contributed by atoms with Crippen molar-refractivity contribution in [2.24, 2.45) is 0 Å². The maximum atomic E-state index is 15.3. The number of hydrogen-bond acceptors (Lipinski definition) is 5. The van der Waals surface area contributed by atoms with Gasteiger partial charge in [0.25, 0.3) is 0 Å². The average molecular weight is 551 g/mol. The van der Waals surface area contributed by atoms with Crippen LogP contribution in [-0.2, 0) is 19.7 Å². The lowest BCUT2D eigenvalue weighted by Gasteiger charge is -2.35. The summed E-state index contributed by atoms with van der Waals surface area (Å²) >= 11 is 6.34. The van der Waals surface area contributed by atoms with Crippen molar-refractivity contribution in [2.45, 2.75) is 44.2 Å². The van der Waals surface area contributed by atoms with Crippen molar-refractivity contribution in [1.82, 2.24) is 4.90 Å². The van der Waals surface area contributed by atoms with Crippen molar-refractivity contribution < 1.29 is 28.2 Å². The van der Waals surface area contributed by atoms with Gasteiger partial charge in [-0.3, -0.25) is 9.69 Å². The zero-order valence-corrected chi connectivity index (χ0v) is 22.8. The van der Waals surface area contributed by atoms with Gasteiger partial charge in [-0.05, 0) is 85.8 Å². The predicted octanol–water partition coefficient (Wildman–Crippen LogP) is 6.50. The van der Waals surface area contributed by atoms with Gasteiger partial charge < -0.3 is 14.8 Å². The summed E-state index contributed by atoms with van der Waals surface area (Å²) in [6.45, 7) is 5.55. The van der Waals surface area contributed by atoms with Crippen molar-refractivity contribution >= 4 is 35.3 Å². The molecule has 7 nitrogen and oxygen atoms in total. The van der Waals surface area contributed by atoms with E-state index in [1.807, 2.05) is 24.3 Å². The highest BCUT2D eigenvalue weighted by Gasteiger charge is 2.60. The Bertz CT molecular complexity index is 1500. The highest BCUT2D eigenvalue weighted by molar-refractivity contribution is 6.33. The minimum Gasteiger partial charge on any atom is -0.465 e. The van der Waals surface area contributed by atoms with Crippen LogP contribution in [0.15, 0.2) is 60.7 Å². The molecular weight excluding hydrogens is 523 g/mol. The van der Waals surface area contributed by atoms with E-state index in [4.69, 9.17) is 21.1 Å². The maximum absolute atomic E-state index is 15.3. The number of carbonyl (C=O) groups excluding carboxylic acids is 3. The summed E-state index contributed by atoms with van der Waals surface area (Å²) in [6, 6.07) is 15.7. The van der Waals surface area contributed by atoms with E-state index in [1.165, 1.54) is 30.2 Å². The SMILES string of the molecule is COC(=O)c1ccc(-c2cc(F)cc([C@H]3N(C(=O)OC(C)(C)C)CC[C@]34C(=O)Nc3ccccc34)c2)cc1Cl. The van der Waals surface area contributed by atoms with E-state index in [2.05, 4.69) is 5.32 Å². The number of nitrogens with one attached hydrogen (secondary N) is 1. The van der Waals surface area contributed by atoms with Crippen LogP contribution in [0.25, 0.3) is 11.1 Å². The number of fused-ring (bicyclic) bond motifs is 2. The number of para-hydroxylation sites is 1. The summed E-state index contributed by atoms with van der Waals surface area (Å²) in [5, 5.41) is 3.11. The lowest BCUT2D eigenvalue weighted by molar-refractivity contribution is -0.121. The summed E-state index contributed by atoms with van der Waals surface area (Å²) in [7, 11) is 1.26. The second kappa shape index (κ2) is 9.68. The van der Waals surface area contributed by atoms with Gasteiger partial charge in [0, 0.05) is 12.2 Å². The Morgan fingerprint density at radius 1 is 1.08 bits per heavy atom. The Morgan fingerprint density at radius 2 is 1.82 bits per heavy atom. The van der Waals surface area contributed by atoms with E-state index >= 15 is 4.39 Å². The van der Waals surface area contributed by atoms with Crippen LogP contribution in [0.5, 0.6) is 0 Å². The molecule has 202 valence electrons. The lowest BCUT2D eigenvalue weighted by Crippen LogP contribution is -2.44. The number of amides is 2. The smallest absolute Gasteiger partial charge is 0.410 e. The van der Waals surface area contributed by atoms with E-state index in [-0.39, 0.29) is 23.0 Å². The van der Waals surface area contributed by atoms with Gasteiger partial charge in [-0.2, -0.15) is 0 Å². The summed E-state index contributed by atoms with van der Waals surface area (Å²) in [6.07, 6.45) is -0.247. The number of benzene rings is 3. The van der Waals surface area contributed by atoms with E-state index < -0.39 is 34.9 Å². The molecule has 0 aromatic heterocycles. The largest absolute Gasteiger partial charge is 0.465 e. The summed E-state index contributed by atoms with van der Waals surface area (Å²) in [5.74, 6) is -1.39. The monoisotopic (exact) mass is 550 g/mol. The fraction of sp³-hybridized carbons (Fsp3) is 0.300. The van der Waals surface area contributed by atoms with Crippen molar-refractivity contribution in [1.29, 1.82) is 0 Å². The molecule has 0 bridgehead atoms. The van der Waals surface area contributed by atoms with Gasteiger partial charge in [-0.15, -0.1) is 0 Å². The first-order valence-electron chi connectivity index (χ1n) is 12.5. The lowest BCUT2D eigenvalue weighted by atomic mass is 9.72. The molecule has 39 heavy (non-hydrogen) atoms. The van der Waals surface area contributed by atoms with Gasteiger partial charge in [0.1, 0.15) is 16.8 Å². The van der Waals surface area contributed by atoms with E-state index in [1.54, 1.807) is 39.0 Å². The predicted molar refractivity (Wildman–Crippen MR) is 145 cm³/mol. The van der Waals surface area contributed by atoms with Crippen molar-refractivity contribution in [3.8, 4) is 11.1 Å². The molecule has 2 amide bonds. The molecular formula is C30H28ClFN2O5. The molecule has 2 aliphatic rings. The number of halogens is 2. The second-order valence-corrected chi connectivity index (χ2v) is 11.2. The van der Waals surface area contributed by atoms with E-state index in [0.717, 1.165) is 5.56 Å². The van der Waals surface area contributed by atoms with Crippen LogP contribution in [0.4, 0.5) is 14.9 Å². The molecule has 2 aliphatic heterocycles. The van der Waals surface area contributed by atoms with Crippen LogP contribution in [0.1, 0.15) is 54.7 Å². The number of methoxy groups -OCH3 is 1. The molecule has 0 unspecified atom stereocenters. The molecule has 9 heteroatoms. The number of anilines is 1. The number of carbonyl (C=O) groups is 3. The van der Waals surface area contributed by atoms with Crippen LogP contribution in [-0.4, -0.2) is 42.1 Å². The molecule has 0 saturated carbocycles. The Balaban J connectivity index is 1.66. The average Bonchev–Trinajstić information content (AvgIpc) is 3.41. The fourth-order valence-corrected chi connectivity index (χ4v) is 5.83. The number of ether oxygens (including phenoxy) is 2. The number of hydrogen-bond donors (Lipinski definition) is 1. The third kappa shape index (κ3) is 4.63. The van der Waals surface area contributed by atoms with Crippen LogP contribution < -0.4 is 5.32 Å². The summed E-state index contributed by atoms with van der Waals surface area (Å²) in [5.41, 5.74) is 1.17. The van der Waals surface area contributed by atoms with Crippen LogP contribution in [0.3, 0.4) is 0 Å². The Hall–Kier alpha value is -3.91. The normalized spacial score (nSPS) is 20.1. The van der Waals surface area contributed by atoms with Crippen molar-refractivity contribution in [2.75, 3.05) is 19.0 Å². The minimum atomic E-state index is -1.13. The van der Waals surface area contributed by atoms with Gasteiger partial charge in [-0.25, -0.2) is 14.0 Å². The zero-order valence-electron chi connectivity index (χ0n) is 22.0. The Labute approximate surface area is 230 Å². The minimum absolute atomic E-state index is 0.155. The molecule has 3 aromatic rings. The molecule has 1 fully saturated rings. The molecule has 2 atom stereocenters. The third-order valence-corrected chi connectivity index (χ3v) is 7.47. The number of nitrogens with zero attached hydrogens (tertiary/aromatic N) is 1. The van der Waals surface area contributed by atoms with Crippen LogP contribution >= 0.6 is 11.6 Å². The van der Waals surface area contributed by atoms with Crippen LogP contribution in [0.2, 0.25) is 5.02 Å². The Morgan fingerprint density at radius 3 is 2.51 bits per heavy atom. The first-order valence-corrected chi connectivity index (χ1v) is 12.9. The highest BCUT2D eigenvalue weighted by Crippen LogP contribution is 2.55. The number of esters is 1. The number of likely N-dealkylation sites (tertiary alicyclic amines) is 1. The van der Waals surface area contributed by atoms with E-state index in [9.17, 15) is 14.4 Å². The fourth-order valence-electron chi connectivity index (χ4n) is 5.57. The standard InChI is InChI=1S/C30H28ClFN2O5/c1-29(2,3)39-28(37)34-12-11-30(22-7-5-6-8-24(22)33-27(30)36)25(34)19-13-18(14-20(32)15-19)17-9-10-21(23(31)16-17)26(35)38-4/h5-10,13-16,25H,11-12H2,1-4H3,(H,33,36)/t25-,30-/m1/s1. The van der Waals surface area contributed by atoms with Crippen molar-refractivity contribution in [3.63, 3.8) is 0 Å². The molecule has 2 heterocycles. The van der Waals surface area contributed by atoms with Gasteiger partial charge in [0.2, 0.25) is 5.91 Å². The molecule has 5 rings (SSSR count). The molecule has 0 radical (unpaired) electrons. The topological polar surface area (TPSA) is 84.9 Å². The summed E-state index contributed by atoms with van der Waals surface area (Å²) in [4.78, 5) is 40.6. The number of rotatable bonds is 3. The molecule has 0 aliphatic carbocycles. The quantitative estimate of drug-likeness (QED) is 0.376. The van der Waals surface area contributed by atoms with Gasteiger partial charge in [-0.1, -0.05) is 35.9 Å². The molecule has 3 aromatic carbocycles. The highest BCUT2D eigenvalue weighted by atomic mass is 35.5. The first kappa shape index (κ1) is 26.7. The zero-order chi connectivity index (χ0) is 28.1. The van der Waals surface area contributed by atoms with Gasteiger partial charge in [0.15, 0.2) is 0 Å². The van der Waals surface area contributed by atoms with Crippen molar-refractivity contribution in [3.05, 3.63) is 88.2 Å². The molecule has 1 N–H and O–H groups in total. The van der Waals surface area contributed by atoms with Crippen LogP contribution in [0, 0.1) is 5.82 Å². The van der Waals surface area contributed by atoms with Gasteiger partial charge >= 0.3 is 12.1 Å². The first-order chi connectivity index (χ1) is 18.4. The molecule has 1 saturated heterocycles. The second-order valence-electron chi connectivity index (χ2n) is 10.8. The third-order valence-electron chi connectivity index (χ3n) is 7.16. The maximum Gasteiger partial charge on any atom is 0.410 e.